The molecule has 2 rings (SSSR count). The first-order chi connectivity index (χ1) is 9.36. The Bertz CT molecular complexity index is 381. The first kappa shape index (κ1) is 14.5. The summed E-state index contributed by atoms with van der Waals surface area (Å²) in [6.45, 7) is 5.61. The zero-order valence-electron chi connectivity index (χ0n) is 11.8. The van der Waals surface area contributed by atoms with Gasteiger partial charge < -0.3 is 9.84 Å². The van der Waals surface area contributed by atoms with Crippen LogP contribution in [0.4, 0.5) is 0 Å². The molecule has 1 atom stereocenters. The van der Waals surface area contributed by atoms with Crippen molar-refractivity contribution in [1.82, 2.24) is 4.90 Å². The molecule has 0 saturated carbocycles. The van der Waals surface area contributed by atoms with Crippen LogP contribution in [0.15, 0.2) is 24.3 Å². The van der Waals surface area contributed by atoms with Gasteiger partial charge in [-0.25, -0.2) is 0 Å². The lowest BCUT2D eigenvalue weighted by Crippen LogP contribution is -2.32. The predicted molar refractivity (Wildman–Crippen MR) is 77.3 cm³/mol. The van der Waals surface area contributed by atoms with Crippen molar-refractivity contribution < 1.29 is 9.84 Å². The van der Waals surface area contributed by atoms with Crippen LogP contribution in [0.1, 0.15) is 36.9 Å². The number of aliphatic hydroxyl groups excluding tert-OH is 1. The van der Waals surface area contributed by atoms with Gasteiger partial charge >= 0.3 is 0 Å². The first-order valence-electron chi connectivity index (χ1n) is 7.37. The predicted octanol–water partition coefficient (Wildman–Crippen LogP) is 2.39. The van der Waals surface area contributed by atoms with E-state index in [4.69, 9.17) is 4.74 Å². The van der Waals surface area contributed by atoms with Gasteiger partial charge in [-0.3, -0.25) is 4.90 Å². The van der Waals surface area contributed by atoms with Crippen molar-refractivity contribution >= 4 is 0 Å². The number of hydrogen-bond acceptors (Lipinski definition) is 3. The molecule has 0 spiro atoms. The maximum absolute atomic E-state index is 9.27. The van der Waals surface area contributed by atoms with Crippen molar-refractivity contribution in [3.63, 3.8) is 0 Å². The Kier molecular flexibility index (Phi) is 5.83. The minimum atomic E-state index is 0.229. The van der Waals surface area contributed by atoms with Crippen molar-refractivity contribution in [2.75, 3.05) is 32.9 Å². The van der Waals surface area contributed by atoms with Crippen molar-refractivity contribution in [2.45, 2.75) is 32.2 Å². The number of hydrogen-bond donors (Lipinski definition) is 1. The van der Waals surface area contributed by atoms with Gasteiger partial charge in [-0.2, -0.15) is 0 Å². The highest BCUT2D eigenvalue weighted by Gasteiger charge is 2.26. The molecule has 3 heteroatoms. The van der Waals surface area contributed by atoms with Crippen LogP contribution in [-0.2, 0) is 11.2 Å². The standard InChI is InChI=1S/C16H25NO2/c1-2-19-13-5-10-17(11-12-18)16-9-8-14-6-3-4-7-15(14)16/h3-4,6-7,16,18H,2,5,8-13H2,1H3. The maximum atomic E-state index is 9.27. The van der Waals surface area contributed by atoms with Crippen LogP contribution < -0.4 is 0 Å². The molecule has 0 aliphatic heterocycles. The third kappa shape index (κ3) is 3.78. The molecule has 1 N–H and O–H groups in total. The summed E-state index contributed by atoms with van der Waals surface area (Å²) >= 11 is 0. The van der Waals surface area contributed by atoms with Crippen LogP contribution in [0.2, 0.25) is 0 Å². The summed E-state index contributed by atoms with van der Waals surface area (Å²) in [5.74, 6) is 0. The van der Waals surface area contributed by atoms with E-state index in [2.05, 4.69) is 29.2 Å². The fourth-order valence-electron chi connectivity index (χ4n) is 2.98. The number of benzene rings is 1. The smallest absolute Gasteiger partial charge is 0.0558 e. The summed E-state index contributed by atoms with van der Waals surface area (Å²) in [5.41, 5.74) is 2.92. The lowest BCUT2D eigenvalue weighted by atomic mass is 10.1. The fourth-order valence-corrected chi connectivity index (χ4v) is 2.98. The molecule has 106 valence electrons. The van der Waals surface area contributed by atoms with E-state index in [1.54, 1.807) is 0 Å². The quantitative estimate of drug-likeness (QED) is 0.731. The monoisotopic (exact) mass is 263 g/mol. The van der Waals surface area contributed by atoms with Gasteiger partial charge in [0.25, 0.3) is 0 Å². The fraction of sp³-hybridized carbons (Fsp3) is 0.625. The van der Waals surface area contributed by atoms with Gasteiger partial charge in [0.1, 0.15) is 0 Å². The summed E-state index contributed by atoms with van der Waals surface area (Å²) < 4.78 is 5.40. The number of rotatable bonds is 8. The van der Waals surface area contributed by atoms with Gasteiger partial charge in [-0.15, -0.1) is 0 Å². The molecular weight excluding hydrogens is 238 g/mol. The van der Waals surface area contributed by atoms with Gasteiger partial charge in [0, 0.05) is 32.3 Å². The van der Waals surface area contributed by atoms with E-state index >= 15 is 0 Å². The highest BCUT2D eigenvalue weighted by molar-refractivity contribution is 5.34. The largest absolute Gasteiger partial charge is 0.395 e. The Hall–Kier alpha value is -0.900. The highest BCUT2D eigenvalue weighted by Crippen LogP contribution is 2.35. The molecule has 19 heavy (non-hydrogen) atoms. The SMILES string of the molecule is CCOCCCN(CCO)C1CCc2ccccc21. The molecular formula is C16H25NO2. The number of ether oxygens (including phenoxy) is 1. The summed E-state index contributed by atoms with van der Waals surface area (Å²) in [4.78, 5) is 2.41. The molecule has 1 aliphatic rings. The summed E-state index contributed by atoms with van der Waals surface area (Å²) in [5, 5.41) is 9.27. The summed E-state index contributed by atoms with van der Waals surface area (Å²) in [7, 11) is 0. The molecule has 0 radical (unpaired) electrons. The van der Waals surface area contributed by atoms with Crippen LogP contribution in [0.5, 0.6) is 0 Å². The maximum Gasteiger partial charge on any atom is 0.0558 e. The van der Waals surface area contributed by atoms with Crippen molar-refractivity contribution in [3.8, 4) is 0 Å². The van der Waals surface area contributed by atoms with Crippen LogP contribution in [0.3, 0.4) is 0 Å². The topological polar surface area (TPSA) is 32.7 Å². The second-order valence-corrected chi connectivity index (χ2v) is 5.06. The first-order valence-corrected chi connectivity index (χ1v) is 7.37. The molecule has 1 aromatic carbocycles. The van der Waals surface area contributed by atoms with Crippen LogP contribution in [0, 0.1) is 0 Å². The van der Waals surface area contributed by atoms with E-state index in [0.29, 0.717) is 6.04 Å². The molecule has 1 unspecified atom stereocenters. The van der Waals surface area contributed by atoms with E-state index in [1.807, 2.05) is 6.92 Å². The van der Waals surface area contributed by atoms with Crippen molar-refractivity contribution in [3.05, 3.63) is 35.4 Å². The zero-order chi connectivity index (χ0) is 13.5. The third-order valence-corrected chi connectivity index (χ3v) is 3.87. The lowest BCUT2D eigenvalue weighted by molar-refractivity contribution is 0.108. The second kappa shape index (κ2) is 7.63. The number of aryl methyl sites for hydroxylation is 1. The van der Waals surface area contributed by atoms with Crippen molar-refractivity contribution in [1.29, 1.82) is 0 Å². The van der Waals surface area contributed by atoms with Crippen LogP contribution >= 0.6 is 0 Å². The molecule has 0 bridgehead atoms. The molecule has 0 fully saturated rings. The Labute approximate surface area is 116 Å². The number of aliphatic hydroxyl groups is 1. The molecule has 1 aromatic rings. The Morgan fingerprint density at radius 1 is 1.32 bits per heavy atom. The van der Waals surface area contributed by atoms with Gasteiger partial charge in [0.05, 0.1) is 6.61 Å². The Morgan fingerprint density at radius 3 is 2.95 bits per heavy atom. The van der Waals surface area contributed by atoms with E-state index < -0.39 is 0 Å². The average molecular weight is 263 g/mol. The second-order valence-electron chi connectivity index (χ2n) is 5.06. The van der Waals surface area contributed by atoms with Crippen LogP contribution in [0.25, 0.3) is 0 Å². The third-order valence-electron chi connectivity index (χ3n) is 3.87. The van der Waals surface area contributed by atoms with E-state index in [9.17, 15) is 5.11 Å². The van der Waals surface area contributed by atoms with Crippen molar-refractivity contribution in [2.24, 2.45) is 0 Å². The van der Waals surface area contributed by atoms with Gasteiger partial charge in [-0.05, 0) is 37.3 Å². The van der Waals surface area contributed by atoms with E-state index in [1.165, 1.54) is 17.5 Å². The highest BCUT2D eigenvalue weighted by atomic mass is 16.5. The summed E-state index contributed by atoms with van der Waals surface area (Å²) in [6.07, 6.45) is 3.37. The lowest BCUT2D eigenvalue weighted by Gasteiger charge is -2.29. The van der Waals surface area contributed by atoms with E-state index in [0.717, 1.165) is 39.1 Å². The molecule has 1 aliphatic carbocycles. The van der Waals surface area contributed by atoms with Gasteiger partial charge in [0.15, 0.2) is 0 Å². The number of nitrogens with zero attached hydrogens (tertiary/aromatic N) is 1. The molecule has 3 nitrogen and oxygen atoms in total. The molecule has 0 saturated heterocycles. The average Bonchev–Trinajstić information content (AvgIpc) is 2.86. The Morgan fingerprint density at radius 2 is 2.16 bits per heavy atom. The zero-order valence-corrected chi connectivity index (χ0v) is 11.8. The normalized spacial score (nSPS) is 17.9. The number of fused-ring (bicyclic) bond motifs is 1. The summed E-state index contributed by atoms with van der Waals surface area (Å²) in [6, 6.07) is 9.18. The molecule has 0 heterocycles. The Balaban J connectivity index is 1.96. The van der Waals surface area contributed by atoms with Gasteiger partial charge in [0.2, 0.25) is 0 Å². The van der Waals surface area contributed by atoms with Crippen LogP contribution in [-0.4, -0.2) is 42.9 Å². The minimum Gasteiger partial charge on any atom is -0.395 e. The molecule has 0 aromatic heterocycles. The molecule has 0 amide bonds. The van der Waals surface area contributed by atoms with E-state index in [-0.39, 0.29) is 6.61 Å². The van der Waals surface area contributed by atoms with Gasteiger partial charge in [-0.1, -0.05) is 24.3 Å². The minimum absolute atomic E-state index is 0.229.